The molecular weight excluding hydrogens is 174 g/mol. The van der Waals surface area contributed by atoms with E-state index < -0.39 is 0 Å². The number of imidazole rings is 1. The largest absolute Gasteiger partial charge is 0.334 e. The molecule has 1 saturated carbocycles. The molecule has 78 valence electrons. The van der Waals surface area contributed by atoms with Crippen LogP contribution in [0.2, 0.25) is 0 Å². The summed E-state index contributed by atoms with van der Waals surface area (Å²) < 4.78 is 2.16. The predicted molar refractivity (Wildman–Crippen MR) is 56.8 cm³/mol. The molecule has 2 N–H and O–H groups in total. The van der Waals surface area contributed by atoms with Crippen molar-refractivity contribution >= 4 is 0 Å². The van der Waals surface area contributed by atoms with Crippen LogP contribution in [0.4, 0.5) is 0 Å². The first-order chi connectivity index (χ1) is 6.83. The Hall–Kier alpha value is -0.830. The molecule has 0 aromatic carbocycles. The van der Waals surface area contributed by atoms with Gasteiger partial charge in [0.15, 0.2) is 0 Å². The van der Waals surface area contributed by atoms with Crippen molar-refractivity contribution in [1.82, 2.24) is 9.55 Å². The molecule has 0 aliphatic heterocycles. The van der Waals surface area contributed by atoms with Gasteiger partial charge >= 0.3 is 0 Å². The average molecular weight is 193 g/mol. The Morgan fingerprint density at radius 2 is 2.29 bits per heavy atom. The van der Waals surface area contributed by atoms with Crippen LogP contribution in [-0.2, 0) is 6.54 Å². The third kappa shape index (κ3) is 1.69. The molecule has 0 radical (unpaired) electrons. The standard InChI is InChI=1S/C11H19N3/c1-2-14-8-7-13-11(14)10(12)9-5-3-4-6-9/h7-10H,2-6,12H2,1H3. The van der Waals surface area contributed by atoms with Crippen LogP contribution in [0.25, 0.3) is 0 Å². The lowest BCUT2D eigenvalue weighted by Crippen LogP contribution is -2.23. The Bertz CT molecular complexity index is 286. The maximum absolute atomic E-state index is 6.24. The quantitative estimate of drug-likeness (QED) is 0.798. The second kappa shape index (κ2) is 4.13. The van der Waals surface area contributed by atoms with Gasteiger partial charge in [-0.3, -0.25) is 0 Å². The molecule has 1 aromatic heterocycles. The van der Waals surface area contributed by atoms with Gasteiger partial charge in [0.2, 0.25) is 0 Å². The van der Waals surface area contributed by atoms with Gasteiger partial charge in [-0.1, -0.05) is 12.8 Å². The number of nitrogens with two attached hydrogens (primary N) is 1. The fourth-order valence-electron chi connectivity index (χ4n) is 2.41. The lowest BCUT2D eigenvalue weighted by molar-refractivity contribution is 0.414. The molecule has 0 bridgehead atoms. The Kier molecular flexibility index (Phi) is 2.87. The number of nitrogens with zero attached hydrogens (tertiary/aromatic N) is 2. The smallest absolute Gasteiger partial charge is 0.125 e. The van der Waals surface area contributed by atoms with Crippen LogP contribution in [-0.4, -0.2) is 9.55 Å². The average Bonchev–Trinajstić information content (AvgIpc) is 2.87. The highest BCUT2D eigenvalue weighted by Gasteiger charge is 2.25. The van der Waals surface area contributed by atoms with Crippen LogP contribution in [0.15, 0.2) is 12.4 Å². The molecule has 0 spiro atoms. The minimum Gasteiger partial charge on any atom is -0.334 e. The van der Waals surface area contributed by atoms with Crippen molar-refractivity contribution in [1.29, 1.82) is 0 Å². The summed E-state index contributed by atoms with van der Waals surface area (Å²) in [7, 11) is 0. The van der Waals surface area contributed by atoms with Crippen molar-refractivity contribution in [3.05, 3.63) is 18.2 Å². The van der Waals surface area contributed by atoms with E-state index in [4.69, 9.17) is 5.73 Å². The summed E-state index contributed by atoms with van der Waals surface area (Å²) in [4.78, 5) is 4.37. The monoisotopic (exact) mass is 193 g/mol. The topological polar surface area (TPSA) is 43.8 Å². The zero-order valence-corrected chi connectivity index (χ0v) is 8.82. The highest BCUT2D eigenvalue weighted by Crippen LogP contribution is 2.33. The summed E-state index contributed by atoms with van der Waals surface area (Å²) in [6, 6.07) is 0.146. The van der Waals surface area contributed by atoms with E-state index in [9.17, 15) is 0 Å². The van der Waals surface area contributed by atoms with Crippen LogP contribution in [0.5, 0.6) is 0 Å². The van der Waals surface area contributed by atoms with Gasteiger partial charge in [0.1, 0.15) is 5.82 Å². The minimum absolute atomic E-state index is 0.146. The molecule has 3 nitrogen and oxygen atoms in total. The van der Waals surface area contributed by atoms with Crippen LogP contribution >= 0.6 is 0 Å². The SMILES string of the molecule is CCn1ccnc1C(N)C1CCCC1. The van der Waals surface area contributed by atoms with Gasteiger partial charge in [0.25, 0.3) is 0 Å². The molecule has 1 aliphatic carbocycles. The summed E-state index contributed by atoms with van der Waals surface area (Å²) >= 11 is 0. The maximum Gasteiger partial charge on any atom is 0.125 e. The Balaban J connectivity index is 2.12. The summed E-state index contributed by atoms with van der Waals surface area (Å²) in [6.45, 7) is 3.10. The normalized spacial score (nSPS) is 20.1. The minimum atomic E-state index is 0.146. The van der Waals surface area contributed by atoms with Gasteiger partial charge in [0.05, 0.1) is 6.04 Å². The van der Waals surface area contributed by atoms with E-state index in [0.717, 1.165) is 12.4 Å². The van der Waals surface area contributed by atoms with E-state index in [1.165, 1.54) is 25.7 Å². The molecule has 2 rings (SSSR count). The third-order valence-corrected chi connectivity index (χ3v) is 3.29. The van der Waals surface area contributed by atoms with Crippen LogP contribution in [0.1, 0.15) is 44.5 Å². The molecule has 14 heavy (non-hydrogen) atoms. The van der Waals surface area contributed by atoms with Gasteiger partial charge in [-0.2, -0.15) is 0 Å². The van der Waals surface area contributed by atoms with E-state index in [2.05, 4.69) is 16.5 Å². The summed E-state index contributed by atoms with van der Waals surface area (Å²) in [5, 5.41) is 0. The Morgan fingerprint density at radius 3 is 2.93 bits per heavy atom. The molecule has 0 amide bonds. The fourth-order valence-corrected chi connectivity index (χ4v) is 2.41. The zero-order valence-electron chi connectivity index (χ0n) is 8.82. The molecule has 1 aromatic rings. The highest BCUT2D eigenvalue weighted by molar-refractivity contribution is 5.01. The van der Waals surface area contributed by atoms with Gasteiger partial charge < -0.3 is 10.3 Å². The van der Waals surface area contributed by atoms with Gasteiger partial charge in [-0.25, -0.2) is 4.98 Å². The first-order valence-electron chi connectivity index (χ1n) is 5.59. The van der Waals surface area contributed by atoms with E-state index in [1.807, 2.05) is 12.4 Å². The zero-order chi connectivity index (χ0) is 9.97. The molecule has 1 heterocycles. The number of aryl methyl sites for hydroxylation is 1. The predicted octanol–water partition coefficient (Wildman–Crippen LogP) is 2.09. The third-order valence-electron chi connectivity index (χ3n) is 3.29. The second-order valence-corrected chi connectivity index (χ2v) is 4.14. The number of aromatic nitrogens is 2. The molecule has 1 aliphatic rings. The summed E-state index contributed by atoms with van der Waals surface area (Å²) in [6.07, 6.45) is 9.10. The second-order valence-electron chi connectivity index (χ2n) is 4.14. The van der Waals surface area contributed by atoms with Crippen molar-refractivity contribution < 1.29 is 0 Å². The maximum atomic E-state index is 6.24. The van der Waals surface area contributed by atoms with E-state index in [0.29, 0.717) is 5.92 Å². The number of hydrogen-bond donors (Lipinski definition) is 1. The van der Waals surface area contributed by atoms with Gasteiger partial charge in [-0.15, -0.1) is 0 Å². The lowest BCUT2D eigenvalue weighted by Gasteiger charge is -2.19. The molecule has 1 atom stereocenters. The van der Waals surface area contributed by atoms with Crippen molar-refractivity contribution in [2.24, 2.45) is 11.7 Å². The van der Waals surface area contributed by atoms with Crippen molar-refractivity contribution in [3.8, 4) is 0 Å². The van der Waals surface area contributed by atoms with Crippen molar-refractivity contribution in [2.45, 2.75) is 45.2 Å². The van der Waals surface area contributed by atoms with Crippen LogP contribution in [0, 0.1) is 5.92 Å². The molecule has 1 fully saturated rings. The van der Waals surface area contributed by atoms with Crippen LogP contribution in [0.3, 0.4) is 0 Å². The summed E-state index contributed by atoms with van der Waals surface area (Å²) in [5.74, 6) is 1.72. The van der Waals surface area contributed by atoms with Gasteiger partial charge in [0, 0.05) is 18.9 Å². The van der Waals surface area contributed by atoms with Crippen LogP contribution < -0.4 is 5.73 Å². The Labute approximate surface area is 85.3 Å². The fraction of sp³-hybridized carbons (Fsp3) is 0.727. The summed E-state index contributed by atoms with van der Waals surface area (Å²) in [5.41, 5.74) is 6.24. The lowest BCUT2D eigenvalue weighted by atomic mass is 9.98. The number of rotatable bonds is 3. The highest BCUT2D eigenvalue weighted by atomic mass is 15.1. The van der Waals surface area contributed by atoms with E-state index in [-0.39, 0.29) is 6.04 Å². The van der Waals surface area contributed by atoms with Crippen molar-refractivity contribution in [3.63, 3.8) is 0 Å². The van der Waals surface area contributed by atoms with E-state index >= 15 is 0 Å². The molecule has 1 unspecified atom stereocenters. The molecule has 0 saturated heterocycles. The Morgan fingerprint density at radius 1 is 1.57 bits per heavy atom. The van der Waals surface area contributed by atoms with E-state index in [1.54, 1.807) is 0 Å². The number of hydrogen-bond acceptors (Lipinski definition) is 2. The molecule has 3 heteroatoms. The molecular formula is C11H19N3. The van der Waals surface area contributed by atoms with Crippen molar-refractivity contribution in [2.75, 3.05) is 0 Å². The van der Waals surface area contributed by atoms with Gasteiger partial charge in [-0.05, 0) is 25.7 Å². The first kappa shape index (κ1) is 9.71. The first-order valence-corrected chi connectivity index (χ1v) is 5.59.